The average molecular weight is 361 g/mol. The molecule has 0 fully saturated rings. The number of halogens is 1. The molecule has 2 aromatic rings. The highest BCUT2D eigenvalue weighted by Gasteiger charge is 2.23. The summed E-state index contributed by atoms with van der Waals surface area (Å²) in [5.74, 6) is 0.636. The Kier molecular flexibility index (Phi) is 4.02. The number of fused-ring (bicyclic) bond motifs is 1. The van der Waals surface area contributed by atoms with E-state index in [4.69, 9.17) is 5.73 Å². The van der Waals surface area contributed by atoms with Crippen LogP contribution < -0.4 is 16.4 Å². The molecule has 3 rings (SSSR count). The van der Waals surface area contributed by atoms with Gasteiger partial charge in [0, 0.05) is 12.6 Å². The van der Waals surface area contributed by atoms with Gasteiger partial charge < -0.3 is 16.4 Å². The summed E-state index contributed by atoms with van der Waals surface area (Å²) in [4.78, 5) is 15.6. The molecule has 5 nitrogen and oxygen atoms in total. The molecule has 1 aromatic heterocycles. The van der Waals surface area contributed by atoms with Crippen molar-refractivity contribution < 1.29 is 4.79 Å². The van der Waals surface area contributed by atoms with E-state index in [0.29, 0.717) is 11.5 Å². The maximum absolute atomic E-state index is 11.2. The van der Waals surface area contributed by atoms with E-state index in [9.17, 15) is 4.79 Å². The van der Waals surface area contributed by atoms with Crippen molar-refractivity contribution in [2.75, 3.05) is 11.1 Å². The fraction of sp³-hybridized carbons (Fsp3) is 0.250. The number of hydrogen-bond donors (Lipinski definition) is 3. The molecule has 1 aliphatic rings. The second kappa shape index (κ2) is 5.96. The Morgan fingerprint density at radius 1 is 1.36 bits per heavy atom. The van der Waals surface area contributed by atoms with Crippen LogP contribution in [0.1, 0.15) is 30.5 Å². The first kappa shape index (κ1) is 14.8. The van der Waals surface area contributed by atoms with Crippen LogP contribution in [0.4, 0.5) is 17.2 Å². The predicted molar refractivity (Wildman–Crippen MR) is 91.0 cm³/mol. The lowest BCUT2D eigenvalue weighted by molar-refractivity contribution is -0.119. The van der Waals surface area contributed by atoms with E-state index in [1.807, 2.05) is 6.07 Å². The lowest BCUT2D eigenvalue weighted by atomic mass is 10.1. The van der Waals surface area contributed by atoms with Crippen LogP contribution in [0.25, 0.3) is 0 Å². The Bertz CT molecular complexity index is 732. The summed E-state index contributed by atoms with van der Waals surface area (Å²) in [6, 6.07) is 9.87. The Morgan fingerprint density at radius 2 is 2.18 bits per heavy atom. The smallest absolute Gasteiger partial charge is 0.217 e. The van der Waals surface area contributed by atoms with Gasteiger partial charge in [0.1, 0.15) is 4.60 Å². The predicted octanol–water partition coefficient (Wildman–Crippen LogP) is 3.29. The van der Waals surface area contributed by atoms with Crippen molar-refractivity contribution in [3.63, 3.8) is 0 Å². The third-order valence-corrected chi connectivity index (χ3v) is 4.20. The summed E-state index contributed by atoms with van der Waals surface area (Å²) < 4.78 is 0.732. The number of nitrogens with one attached hydrogen (secondary N) is 2. The number of benzene rings is 1. The van der Waals surface area contributed by atoms with E-state index in [0.717, 1.165) is 23.1 Å². The first-order valence-corrected chi connectivity index (χ1v) is 7.91. The third-order valence-electron chi connectivity index (χ3n) is 3.75. The van der Waals surface area contributed by atoms with Gasteiger partial charge in [-0.2, -0.15) is 0 Å². The van der Waals surface area contributed by atoms with Crippen LogP contribution in [0.2, 0.25) is 0 Å². The molecule has 114 valence electrons. The van der Waals surface area contributed by atoms with Gasteiger partial charge in [0.15, 0.2) is 5.82 Å². The molecule has 1 heterocycles. The van der Waals surface area contributed by atoms with Gasteiger partial charge in [0.05, 0.1) is 11.7 Å². The van der Waals surface area contributed by atoms with Crippen molar-refractivity contribution in [1.82, 2.24) is 10.3 Å². The minimum atomic E-state index is 0.00570. The Morgan fingerprint density at radius 3 is 2.95 bits per heavy atom. The normalized spacial score (nSPS) is 16.2. The fourth-order valence-corrected chi connectivity index (χ4v) is 3.08. The largest absolute Gasteiger partial charge is 0.396 e. The number of pyridine rings is 1. The summed E-state index contributed by atoms with van der Waals surface area (Å²) >= 11 is 3.34. The number of carbonyl (C=O) groups excluding carboxylic acids is 1. The molecule has 0 saturated heterocycles. The van der Waals surface area contributed by atoms with Gasteiger partial charge in [-0.05, 0) is 64.2 Å². The van der Waals surface area contributed by atoms with Crippen LogP contribution in [0.5, 0.6) is 0 Å². The van der Waals surface area contributed by atoms with Crippen molar-refractivity contribution >= 4 is 39.0 Å². The Hall–Kier alpha value is -2.08. The SMILES string of the molecule is CC(=O)N[C@H]1CCc2cc(Nc3nc(Br)ccc3N)ccc21. The monoisotopic (exact) mass is 360 g/mol. The highest BCUT2D eigenvalue weighted by molar-refractivity contribution is 9.10. The quantitative estimate of drug-likeness (QED) is 0.733. The molecule has 1 amide bonds. The zero-order valence-electron chi connectivity index (χ0n) is 12.2. The van der Waals surface area contributed by atoms with E-state index in [1.165, 1.54) is 11.1 Å². The summed E-state index contributed by atoms with van der Waals surface area (Å²) in [5, 5.41) is 6.23. The maximum Gasteiger partial charge on any atom is 0.217 e. The number of nitrogen functional groups attached to an aromatic ring is 1. The molecule has 0 unspecified atom stereocenters. The number of nitrogens with two attached hydrogens (primary N) is 1. The van der Waals surface area contributed by atoms with Crippen LogP contribution in [0.15, 0.2) is 34.9 Å². The number of amides is 1. The molecule has 1 aliphatic carbocycles. The van der Waals surface area contributed by atoms with E-state index in [-0.39, 0.29) is 11.9 Å². The van der Waals surface area contributed by atoms with Gasteiger partial charge in [-0.25, -0.2) is 4.98 Å². The number of anilines is 3. The Labute approximate surface area is 137 Å². The van der Waals surface area contributed by atoms with Crippen molar-refractivity contribution in [3.05, 3.63) is 46.1 Å². The van der Waals surface area contributed by atoms with Crippen molar-refractivity contribution in [1.29, 1.82) is 0 Å². The molecule has 0 bridgehead atoms. The molecule has 0 radical (unpaired) electrons. The molecular weight excluding hydrogens is 344 g/mol. The number of nitrogens with zero attached hydrogens (tertiary/aromatic N) is 1. The first-order chi connectivity index (χ1) is 10.5. The van der Waals surface area contributed by atoms with Crippen LogP contribution in [-0.2, 0) is 11.2 Å². The topological polar surface area (TPSA) is 80.0 Å². The lowest BCUT2D eigenvalue weighted by Crippen LogP contribution is -2.24. The number of aryl methyl sites for hydroxylation is 1. The first-order valence-electron chi connectivity index (χ1n) is 7.12. The molecule has 0 aliphatic heterocycles. The zero-order chi connectivity index (χ0) is 15.7. The van der Waals surface area contributed by atoms with Crippen LogP contribution in [0.3, 0.4) is 0 Å². The number of carbonyl (C=O) groups is 1. The molecule has 1 atom stereocenters. The van der Waals surface area contributed by atoms with Gasteiger partial charge in [0.2, 0.25) is 5.91 Å². The zero-order valence-corrected chi connectivity index (χ0v) is 13.8. The van der Waals surface area contributed by atoms with Gasteiger partial charge in [0.25, 0.3) is 0 Å². The number of hydrogen-bond acceptors (Lipinski definition) is 4. The molecule has 4 N–H and O–H groups in total. The summed E-state index contributed by atoms with van der Waals surface area (Å²) in [5.41, 5.74) is 9.91. The maximum atomic E-state index is 11.2. The minimum absolute atomic E-state index is 0.00570. The van der Waals surface area contributed by atoms with Crippen molar-refractivity contribution in [2.45, 2.75) is 25.8 Å². The molecule has 6 heteroatoms. The Balaban J connectivity index is 1.83. The summed E-state index contributed by atoms with van der Waals surface area (Å²) in [6.07, 6.45) is 1.90. The van der Waals surface area contributed by atoms with Gasteiger partial charge in [-0.1, -0.05) is 6.07 Å². The highest BCUT2D eigenvalue weighted by atomic mass is 79.9. The van der Waals surface area contributed by atoms with Gasteiger partial charge in [-0.3, -0.25) is 4.79 Å². The van der Waals surface area contributed by atoms with E-state index in [2.05, 4.69) is 43.7 Å². The van der Waals surface area contributed by atoms with Gasteiger partial charge >= 0.3 is 0 Å². The second-order valence-electron chi connectivity index (χ2n) is 5.40. The second-order valence-corrected chi connectivity index (χ2v) is 6.21. The number of rotatable bonds is 3. The minimum Gasteiger partial charge on any atom is -0.396 e. The van der Waals surface area contributed by atoms with Crippen LogP contribution >= 0.6 is 15.9 Å². The lowest BCUT2D eigenvalue weighted by Gasteiger charge is -2.14. The molecular formula is C16H17BrN4O. The van der Waals surface area contributed by atoms with E-state index < -0.39 is 0 Å². The molecule has 1 aromatic carbocycles. The van der Waals surface area contributed by atoms with Crippen LogP contribution in [-0.4, -0.2) is 10.9 Å². The molecule has 0 spiro atoms. The summed E-state index contributed by atoms with van der Waals surface area (Å²) in [7, 11) is 0. The van der Waals surface area contributed by atoms with E-state index >= 15 is 0 Å². The third kappa shape index (κ3) is 3.06. The summed E-state index contributed by atoms with van der Waals surface area (Å²) in [6.45, 7) is 1.55. The molecule has 0 saturated carbocycles. The van der Waals surface area contributed by atoms with Gasteiger partial charge in [-0.15, -0.1) is 0 Å². The van der Waals surface area contributed by atoms with Crippen molar-refractivity contribution in [3.8, 4) is 0 Å². The standard InChI is InChI=1S/C16H17BrN4O/c1-9(22)19-14-6-2-10-8-11(3-4-12(10)14)20-16-13(18)5-7-15(17)21-16/h3-5,7-8,14H,2,6,18H2,1H3,(H,19,22)(H,20,21)/t14-/m0/s1. The van der Waals surface area contributed by atoms with E-state index in [1.54, 1.807) is 19.1 Å². The average Bonchev–Trinajstić information content (AvgIpc) is 2.85. The highest BCUT2D eigenvalue weighted by Crippen LogP contribution is 2.34. The number of aromatic nitrogens is 1. The molecule has 22 heavy (non-hydrogen) atoms. The van der Waals surface area contributed by atoms with Crippen molar-refractivity contribution in [2.24, 2.45) is 0 Å². The van der Waals surface area contributed by atoms with Crippen LogP contribution in [0, 0.1) is 0 Å². The fourth-order valence-electron chi connectivity index (χ4n) is 2.77.